The summed E-state index contributed by atoms with van der Waals surface area (Å²) in [5.41, 5.74) is 3.73. The fourth-order valence-electron chi connectivity index (χ4n) is 4.07. The normalized spacial score (nSPS) is 9.41. The number of hydrogen-bond donors (Lipinski definition) is 0. The van der Waals surface area contributed by atoms with E-state index in [2.05, 4.69) is 138 Å². The Kier molecular flexibility index (Phi) is 14.7. The van der Waals surface area contributed by atoms with Gasteiger partial charge in [-0.25, -0.2) is 0 Å². The Labute approximate surface area is 282 Å². The van der Waals surface area contributed by atoms with Crippen LogP contribution in [0.1, 0.15) is 16.7 Å². The molecule has 0 saturated carbocycles. The van der Waals surface area contributed by atoms with E-state index in [0.717, 1.165) is 10.9 Å². The van der Waals surface area contributed by atoms with Crippen LogP contribution in [0.3, 0.4) is 0 Å². The fraction of sp³-hybridized carbons (Fsp3) is 0.0857. The molecule has 6 rings (SSSR count). The zero-order chi connectivity index (χ0) is 27.2. The van der Waals surface area contributed by atoms with Gasteiger partial charge in [-0.2, -0.15) is 5.26 Å². The van der Waals surface area contributed by atoms with Crippen LogP contribution >= 0.6 is 15.9 Å². The number of nitrogens with zero attached hydrogens (tertiary/aromatic N) is 2. The molecular formula is C35H28BrKN2. The second-order valence-electron chi connectivity index (χ2n) is 8.68. The number of alkyl halides is 1. The molecule has 0 saturated heterocycles. The summed E-state index contributed by atoms with van der Waals surface area (Å²) in [6.07, 6.45) is 0.491. The van der Waals surface area contributed by atoms with E-state index < -0.39 is 0 Å². The van der Waals surface area contributed by atoms with Gasteiger partial charge < -0.3 is 11.8 Å². The SMILES string of the molecule is BrCc1ccc2ccccc2c1.Cc1ccc2ccccc2c1.N#CCc1ccc2ccccc2c1.[C-]#N.[K+]. The summed E-state index contributed by atoms with van der Waals surface area (Å²) in [5, 5.41) is 23.4. The van der Waals surface area contributed by atoms with Gasteiger partial charge in [-0.1, -0.05) is 149 Å². The fourth-order valence-corrected chi connectivity index (χ4v) is 4.42. The van der Waals surface area contributed by atoms with Crippen LogP contribution in [0.5, 0.6) is 0 Å². The topological polar surface area (TPSA) is 47.6 Å². The van der Waals surface area contributed by atoms with Crippen molar-refractivity contribution >= 4 is 48.2 Å². The first-order valence-electron chi connectivity index (χ1n) is 12.2. The standard InChI is InChI=1S/C12H9N.C11H9Br.C11H10.CN.K/c13-8-7-10-5-6-11-3-1-2-4-12(11)9-10;12-8-9-5-6-10-3-1-2-4-11(10)7-9;1-9-6-7-10-4-2-3-5-11(10)8-9;1-2;/h1-6,9H,7H2;1-7H,8H2;2-8H,1H3;;/q;;;-1;+1. The zero-order valence-corrected chi connectivity index (χ0v) is 27.0. The van der Waals surface area contributed by atoms with Crippen LogP contribution in [0.2, 0.25) is 0 Å². The van der Waals surface area contributed by atoms with Crippen molar-refractivity contribution in [2.24, 2.45) is 0 Å². The van der Waals surface area contributed by atoms with Crippen LogP contribution in [-0.4, -0.2) is 0 Å². The molecule has 0 aromatic heterocycles. The van der Waals surface area contributed by atoms with Gasteiger partial charge in [-0.3, -0.25) is 0 Å². The predicted molar refractivity (Wildman–Crippen MR) is 163 cm³/mol. The number of halogens is 1. The van der Waals surface area contributed by atoms with Crippen molar-refractivity contribution in [3.8, 4) is 6.07 Å². The molecule has 6 aromatic rings. The number of aryl methyl sites for hydroxylation is 1. The molecule has 0 atom stereocenters. The van der Waals surface area contributed by atoms with E-state index in [1.54, 1.807) is 0 Å². The summed E-state index contributed by atoms with van der Waals surface area (Å²) >= 11 is 3.44. The molecule has 0 aliphatic heterocycles. The van der Waals surface area contributed by atoms with Crippen molar-refractivity contribution < 1.29 is 51.4 Å². The smallest absolute Gasteiger partial charge is 0.512 e. The molecule has 6 aromatic carbocycles. The molecule has 0 heterocycles. The van der Waals surface area contributed by atoms with Gasteiger partial charge in [-0.15, -0.1) is 0 Å². The third kappa shape index (κ3) is 10.0. The third-order valence-corrected chi connectivity index (χ3v) is 6.62. The zero-order valence-electron chi connectivity index (χ0n) is 22.3. The van der Waals surface area contributed by atoms with Crippen LogP contribution in [0.15, 0.2) is 127 Å². The Balaban J connectivity index is 0.000000197. The predicted octanol–water partition coefficient (Wildman–Crippen LogP) is 6.89. The molecule has 0 aliphatic carbocycles. The maximum absolute atomic E-state index is 8.54. The van der Waals surface area contributed by atoms with Crippen LogP contribution in [0, 0.1) is 30.1 Å². The summed E-state index contributed by atoms with van der Waals surface area (Å²) in [4.78, 5) is 0. The van der Waals surface area contributed by atoms with E-state index in [1.165, 1.54) is 43.4 Å². The van der Waals surface area contributed by atoms with E-state index >= 15 is 0 Å². The van der Waals surface area contributed by atoms with Gasteiger partial charge in [0.15, 0.2) is 0 Å². The van der Waals surface area contributed by atoms with Crippen molar-refractivity contribution in [3.63, 3.8) is 0 Å². The van der Waals surface area contributed by atoms with E-state index in [9.17, 15) is 0 Å². The molecule has 0 fully saturated rings. The largest absolute Gasteiger partial charge is 1.00 e. The minimum absolute atomic E-state index is 0. The van der Waals surface area contributed by atoms with Gasteiger partial charge in [0.25, 0.3) is 0 Å². The van der Waals surface area contributed by atoms with E-state index in [0.29, 0.717) is 6.42 Å². The second-order valence-corrected chi connectivity index (χ2v) is 9.24. The number of fused-ring (bicyclic) bond motifs is 3. The van der Waals surface area contributed by atoms with Crippen LogP contribution in [0.4, 0.5) is 0 Å². The van der Waals surface area contributed by atoms with Crippen LogP contribution in [0.25, 0.3) is 32.3 Å². The summed E-state index contributed by atoms with van der Waals surface area (Å²) in [6, 6.07) is 46.3. The average molecular weight is 596 g/mol. The molecule has 39 heavy (non-hydrogen) atoms. The van der Waals surface area contributed by atoms with Crippen LogP contribution < -0.4 is 51.4 Å². The molecule has 0 radical (unpaired) electrons. The number of benzene rings is 6. The van der Waals surface area contributed by atoms with Crippen molar-refractivity contribution in [2.45, 2.75) is 18.7 Å². The first-order valence-corrected chi connectivity index (χ1v) is 13.3. The van der Waals surface area contributed by atoms with Crippen molar-refractivity contribution in [3.05, 3.63) is 151 Å². The quantitative estimate of drug-likeness (QED) is 0.124. The van der Waals surface area contributed by atoms with Gasteiger partial charge in [-0.05, 0) is 50.4 Å². The van der Waals surface area contributed by atoms with E-state index in [1.807, 2.05) is 18.2 Å². The second kappa shape index (κ2) is 17.7. The molecule has 4 heteroatoms. The van der Waals surface area contributed by atoms with E-state index in [4.69, 9.17) is 17.1 Å². The molecule has 0 N–H and O–H groups in total. The Hall–Kier alpha value is -2.80. The van der Waals surface area contributed by atoms with Gasteiger partial charge in [0, 0.05) is 5.33 Å². The Bertz CT molecular complexity index is 1690. The monoisotopic (exact) mass is 594 g/mol. The first kappa shape index (κ1) is 32.4. The minimum Gasteiger partial charge on any atom is -0.512 e. The van der Waals surface area contributed by atoms with Gasteiger partial charge in [0.05, 0.1) is 12.5 Å². The molecule has 0 bridgehead atoms. The van der Waals surface area contributed by atoms with Crippen molar-refractivity contribution in [1.29, 1.82) is 10.5 Å². The molecule has 186 valence electrons. The number of hydrogen-bond acceptors (Lipinski definition) is 2. The van der Waals surface area contributed by atoms with Crippen LogP contribution in [-0.2, 0) is 11.8 Å². The Morgan fingerprint density at radius 3 is 1.41 bits per heavy atom. The molecule has 0 amide bonds. The van der Waals surface area contributed by atoms with Crippen molar-refractivity contribution in [1.82, 2.24) is 0 Å². The summed E-state index contributed by atoms with van der Waals surface area (Å²) < 4.78 is 0. The van der Waals surface area contributed by atoms with Gasteiger partial charge >= 0.3 is 51.4 Å². The Morgan fingerprint density at radius 1 is 0.564 bits per heavy atom. The first-order chi connectivity index (χ1) is 18.7. The molecule has 2 nitrogen and oxygen atoms in total. The molecular weight excluding hydrogens is 567 g/mol. The van der Waals surface area contributed by atoms with Gasteiger partial charge in [0.2, 0.25) is 0 Å². The number of nitriles is 1. The summed E-state index contributed by atoms with van der Waals surface area (Å²) in [7, 11) is 0. The summed E-state index contributed by atoms with van der Waals surface area (Å²) in [6.45, 7) is 6.87. The molecule has 0 spiro atoms. The van der Waals surface area contributed by atoms with Gasteiger partial charge in [0.1, 0.15) is 0 Å². The van der Waals surface area contributed by atoms with E-state index in [-0.39, 0.29) is 51.4 Å². The minimum atomic E-state index is 0. The van der Waals surface area contributed by atoms with Crippen molar-refractivity contribution in [2.75, 3.05) is 0 Å². The Morgan fingerprint density at radius 2 is 0.949 bits per heavy atom. The maximum Gasteiger partial charge on any atom is 1.00 e. The number of rotatable bonds is 2. The average Bonchev–Trinajstić information content (AvgIpc) is 2.98. The molecule has 0 aliphatic rings. The molecule has 0 unspecified atom stereocenters. The maximum atomic E-state index is 8.54. The summed E-state index contributed by atoms with van der Waals surface area (Å²) in [5.74, 6) is 0. The third-order valence-electron chi connectivity index (χ3n) is 5.97.